The molecule has 0 bridgehead atoms. The van der Waals surface area contributed by atoms with Gasteiger partial charge in [0.1, 0.15) is 6.04 Å². The van der Waals surface area contributed by atoms with Crippen molar-refractivity contribution < 1.29 is 24.3 Å². The number of primary amides is 2. The van der Waals surface area contributed by atoms with Gasteiger partial charge in [-0.2, -0.15) is 0 Å². The molecule has 0 spiro atoms. The average molecular weight is 286 g/mol. The fraction of sp³-hybridized carbons (Fsp3) is 0.636. The fourth-order valence-electron chi connectivity index (χ4n) is 2.04. The molecule has 0 aromatic carbocycles. The summed E-state index contributed by atoms with van der Waals surface area (Å²) in [6.45, 7) is 0.544. The van der Waals surface area contributed by atoms with Crippen LogP contribution >= 0.6 is 0 Å². The van der Waals surface area contributed by atoms with Crippen LogP contribution in [0, 0.1) is 5.92 Å². The minimum Gasteiger partial charge on any atom is -0.480 e. The van der Waals surface area contributed by atoms with Gasteiger partial charge in [0.15, 0.2) is 0 Å². The monoisotopic (exact) mass is 286 g/mol. The standard InChI is InChI=1S/C11H18N4O5/c12-8(16)4-7(10(18)19)14-11(20)15-3-1-2-6(5-15)9(13)17/h6-7H,1-5H2,(H2,12,16)(H2,13,17)(H,14,20)(H,18,19)/t6?,7-/m1/s1. The number of likely N-dealkylation sites (tertiary alicyclic amines) is 1. The van der Waals surface area contributed by atoms with Gasteiger partial charge in [0.25, 0.3) is 0 Å². The van der Waals surface area contributed by atoms with E-state index in [1.54, 1.807) is 0 Å². The fourth-order valence-corrected chi connectivity index (χ4v) is 2.04. The van der Waals surface area contributed by atoms with Gasteiger partial charge < -0.3 is 26.8 Å². The molecule has 0 aromatic rings. The van der Waals surface area contributed by atoms with Crippen LogP contribution < -0.4 is 16.8 Å². The number of hydrogen-bond acceptors (Lipinski definition) is 4. The first-order valence-electron chi connectivity index (χ1n) is 6.17. The van der Waals surface area contributed by atoms with Gasteiger partial charge in [-0.1, -0.05) is 0 Å². The first-order chi connectivity index (χ1) is 9.31. The van der Waals surface area contributed by atoms with E-state index >= 15 is 0 Å². The summed E-state index contributed by atoms with van der Waals surface area (Å²) >= 11 is 0. The Morgan fingerprint density at radius 3 is 2.45 bits per heavy atom. The number of carboxylic acids is 1. The van der Waals surface area contributed by atoms with Crippen molar-refractivity contribution in [3.63, 3.8) is 0 Å². The quantitative estimate of drug-likeness (QED) is 0.470. The topological polar surface area (TPSA) is 156 Å². The van der Waals surface area contributed by atoms with Crippen molar-refractivity contribution >= 4 is 23.8 Å². The predicted molar refractivity (Wildman–Crippen MR) is 67.3 cm³/mol. The molecule has 2 atom stereocenters. The number of rotatable bonds is 5. The molecular formula is C11H18N4O5. The van der Waals surface area contributed by atoms with E-state index < -0.39 is 42.2 Å². The Morgan fingerprint density at radius 2 is 1.95 bits per heavy atom. The third kappa shape index (κ3) is 4.41. The molecule has 20 heavy (non-hydrogen) atoms. The molecule has 0 saturated carbocycles. The Labute approximate surface area is 115 Å². The molecule has 1 aliphatic rings. The second kappa shape index (κ2) is 6.73. The number of amides is 4. The maximum atomic E-state index is 11.9. The van der Waals surface area contributed by atoms with Crippen molar-refractivity contribution in [3.8, 4) is 0 Å². The molecule has 9 heteroatoms. The number of carbonyl (C=O) groups is 4. The smallest absolute Gasteiger partial charge is 0.326 e. The van der Waals surface area contributed by atoms with Crippen LogP contribution in [0.1, 0.15) is 19.3 Å². The lowest BCUT2D eigenvalue weighted by Crippen LogP contribution is -2.52. The molecule has 0 aromatic heterocycles. The Balaban J connectivity index is 2.61. The Kier molecular flexibility index (Phi) is 5.30. The van der Waals surface area contributed by atoms with Crippen molar-refractivity contribution in [2.75, 3.05) is 13.1 Å². The highest BCUT2D eigenvalue weighted by molar-refractivity contribution is 5.88. The van der Waals surface area contributed by atoms with Crippen molar-refractivity contribution in [1.82, 2.24) is 10.2 Å². The zero-order valence-corrected chi connectivity index (χ0v) is 10.9. The van der Waals surface area contributed by atoms with Crippen molar-refractivity contribution in [1.29, 1.82) is 0 Å². The van der Waals surface area contributed by atoms with Gasteiger partial charge in [0.2, 0.25) is 11.8 Å². The van der Waals surface area contributed by atoms with E-state index in [1.807, 2.05) is 0 Å². The van der Waals surface area contributed by atoms with E-state index in [0.29, 0.717) is 19.4 Å². The minimum absolute atomic E-state index is 0.143. The maximum absolute atomic E-state index is 11.9. The summed E-state index contributed by atoms with van der Waals surface area (Å²) < 4.78 is 0. The molecule has 1 saturated heterocycles. The number of hydrogen-bond donors (Lipinski definition) is 4. The molecule has 1 fully saturated rings. The van der Waals surface area contributed by atoms with Crippen LogP contribution in [0.2, 0.25) is 0 Å². The Bertz CT molecular complexity index is 425. The number of piperidine rings is 1. The van der Waals surface area contributed by atoms with E-state index in [2.05, 4.69) is 5.32 Å². The van der Waals surface area contributed by atoms with Gasteiger partial charge in [-0.05, 0) is 12.8 Å². The SMILES string of the molecule is NC(=O)C[C@@H](NC(=O)N1CCCC(C(N)=O)C1)C(=O)O. The van der Waals surface area contributed by atoms with Crippen molar-refractivity contribution in [2.45, 2.75) is 25.3 Å². The summed E-state index contributed by atoms with van der Waals surface area (Å²) in [5.74, 6) is -3.10. The predicted octanol–water partition coefficient (Wildman–Crippen LogP) is -1.78. The van der Waals surface area contributed by atoms with Gasteiger partial charge in [-0.3, -0.25) is 9.59 Å². The van der Waals surface area contributed by atoms with E-state index in [-0.39, 0.29) is 6.54 Å². The number of nitrogens with two attached hydrogens (primary N) is 2. The normalized spacial score (nSPS) is 20.0. The lowest BCUT2D eigenvalue weighted by atomic mass is 9.98. The number of carboxylic acid groups (broad SMARTS) is 1. The van der Waals surface area contributed by atoms with Gasteiger partial charge in [0.05, 0.1) is 12.3 Å². The number of aliphatic carboxylic acids is 1. The third-order valence-electron chi connectivity index (χ3n) is 3.11. The van der Waals surface area contributed by atoms with Crippen LogP contribution in [0.4, 0.5) is 4.79 Å². The van der Waals surface area contributed by atoms with Gasteiger partial charge >= 0.3 is 12.0 Å². The van der Waals surface area contributed by atoms with Crippen LogP contribution in [0.25, 0.3) is 0 Å². The van der Waals surface area contributed by atoms with E-state index in [0.717, 1.165) is 0 Å². The third-order valence-corrected chi connectivity index (χ3v) is 3.11. The summed E-state index contributed by atoms with van der Waals surface area (Å²) in [4.78, 5) is 46.0. The molecule has 112 valence electrons. The van der Waals surface area contributed by atoms with Gasteiger partial charge in [0, 0.05) is 13.1 Å². The maximum Gasteiger partial charge on any atom is 0.326 e. The summed E-state index contributed by atoms with van der Waals surface area (Å²) in [5.41, 5.74) is 10.1. The van der Waals surface area contributed by atoms with Crippen LogP contribution in [0.5, 0.6) is 0 Å². The lowest BCUT2D eigenvalue weighted by molar-refractivity contribution is -0.141. The van der Waals surface area contributed by atoms with Crippen molar-refractivity contribution in [2.24, 2.45) is 17.4 Å². The second-order valence-electron chi connectivity index (χ2n) is 4.70. The number of urea groups is 1. The highest BCUT2D eigenvalue weighted by Crippen LogP contribution is 2.16. The summed E-state index contributed by atoms with van der Waals surface area (Å²) in [6.07, 6.45) is 0.714. The molecule has 1 heterocycles. The number of nitrogens with zero attached hydrogens (tertiary/aromatic N) is 1. The molecule has 0 radical (unpaired) electrons. The first-order valence-corrected chi connectivity index (χ1v) is 6.17. The van der Waals surface area contributed by atoms with E-state index in [9.17, 15) is 19.2 Å². The lowest BCUT2D eigenvalue weighted by Gasteiger charge is -2.32. The molecule has 1 aliphatic heterocycles. The second-order valence-corrected chi connectivity index (χ2v) is 4.70. The molecule has 0 aliphatic carbocycles. The van der Waals surface area contributed by atoms with Crippen LogP contribution in [-0.2, 0) is 14.4 Å². The van der Waals surface area contributed by atoms with Crippen LogP contribution in [0.3, 0.4) is 0 Å². The zero-order valence-electron chi connectivity index (χ0n) is 10.9. The zero-order chi connectivity index (χ0) is 15.3. The van der Waals surface area contributed by atoms with Gasteiger partial charge in [-0.25, -0.2) is 9.59 Å². The first kappa shape index (κ1) is 15.7. The number of carbonyl (C=O) groups excluding carboxylic acids is 3. The van der Waals surface area contributed by atoms with E-state index in [4.69, 9.17) is 16.6 Å². The Morgan fingerprint density at radius 1 is 1.30 bits per heavy atom. The minimum atomic E-state index is -1.38. The molecule has 9 nitrogen and oxygen atoms in total. The van der Waals surface area contributed by atoms with Crippen LogP contribution in [-0.4, -0.2) is 53.0 Å². The highest BCUT2D eigenvalue weighted by atomic mass is 16.4. The molecule has 4 amide bonds. The summed E-state index contributed by atoms with van der Waals surface area (Å²) in [6, 6.07) is -2.03. The molecule has 6 N–H and O–H groups in total. The van der Waals surface area contributed by atoms with Gasteiger partial charge in [-0.15, -0.1) is 0 Å². The largest absolute Gasteiger partial charge is 0.480 e. The van der Waals surface area contributed by atoms with Crippen molar-refractivity contribution in [3.05, 3.63) is 0 Å². The molecule has 1 unspecified atom stereocenters. The molecular weight excluding hydrogens is 268 g/mol. The van der Waals surface area contributed by atoms with E-state index in [1.165, 1.54) is 4.90 Å². The van der Waals surface area contributed by atoms with Crippen LogP contribution in [0.15, 0.2) is 0 Å². The average Bonchev–Trinajstić information content (AvgIpc) is 2.37. The summed E-state index contributed by atoms with van der Waals surface area (Å²) in [7, 11) is 0. The highest BCUT2D eigenvalue weighted by Gasteiger charge is 2.30. The molecule has 1 rings (SSSR count). The summed E-state index contributed by atoms with van der Waals surface area (Å²) in [5, 5.41) is 11.1. The number of nitrogens with one attached hydrogen (secondary N) is 1. The Hall–Kier alpha value is -2.32.